The van der Waals surface area contributed by atoms with E-state index in [2.05, 4.69) is 0 Å². The van der Waals surface area contributed by atoms with Crippen molar-refractivity contribution in [1.29, 1.82) is 0 Å². The van der Waals surface area contributed by atoms with E-state index >= 15 is 0 Å². The smallest absolute Gasteiger partial charge is 0.370 e. The van der Waals surface area contributed by atoms with Gasteiger partial charge >= 0.3 is 5.92 Å². The van der Waals surface area contributed by atoms with Crippen LogP contribution in [0.3, 0.4) is 0 Å². The summed E-state index contributed by atoms with van der Waals surface area (Å²) in [6, 6.07) is 8.65. The molecular weight excluding hydrogens is 398 g/mol. The van der Waals surface area contributed by atoms with Crippen LogP contribution in [0.1, 0.15) is 11.1 Å². The van der Waals surface area contributed by atoms with Crippen LogP contribution in [0.15, 0.2) is 48.6 Å². The van der Waals surface area contributed by atoms with Gasteiger partial charge in [0, 0.05) is 0 Å². The molecule has 0 amide bonds. The number of hydrogen-bond donors (Lipinski definition) is 1. The number of halogens is 2. The Morgan fingerprint density at radius 3 is 1.77 bits per heavy atom. The minimum atomic E-state index is -4.23. The van der Waals surface area contributed by atoms with Crippen molar-refractivity contribution >= 4 is 23.7 Å². The van der Waals surface area contributed by atoms with Gasteiger partial charge in [0.1, 0.15) is 0 Å². The number of benzene rings is 2. The molecule has 30 heavy (non-hydrogen) atoms. The summed E-state index contributed by atoms with van der Waals surface area (Å²) in [4.78, 5) is 23.8. The Morgan fingerprint density at radius 1 is 0.800 bits per heavy atom. The van der Waals surface area contributed by atoms with Crippen LogP contribution in [0.4, 0.5) is 8.78 Å². The molecule has 0 atom stereocenters. The highest BCUT2D eigenvalue weighted by Crippen LogP contribution is 2.29. The Hall–Kier alpha value is -3.68. The molecule has 0 saturated heterocycles. The number of allylic oxidation sites excluding steroid dienone is 2. The number of aromatic hydroxyl groups is 1. The van der Waals surface area contributed by atoms with E-state index in [1.807, 2.05) is 0 Å². The molecule has 2 rings (SSSR count). The van der Waals surface area contributed by atoms with E-state index in [0.29, 0.717) is 34.8 Å². The molecule has 0 aliphatic carbocycles. The zero-order chi connectivity index (χ0) is 22.3. The van der Waals surface area contributed by atoms with E-state index < -0.39 is 17.5 Å². The number of phenols is 1. The third kappa shape index (κ3) is 5.22. The molecule has 2 aromatic rings. The normalized spacial score (nSPS) is 11.6. The summed E-state index contributed by atoms with van der Waals surface area (Å²) in [6.07, 6.45) is 3.49. The number of phenolic OH excluding ortho intramolecular Hbond substituents is 1. The highest BCUT2D eigenvalue weighted by molar-refractivity contribution is 6.18. The number of rotatable bonds is 9. The van der Waals surface area contributed by atoms with Gasteiger partial charge in [-0.25, -0.2) is 0 Å². The first-order valence-electron chi connectivity index (χ1n) is 8.64. The molecule has 0 aromatic heterocycles. The third-order valence-electron chi connectivity index (χ3n) is 4.08. The largest absolute Gasteiger partial charge is 0.504 e. The molecule has 8 heteroatoms. The second-order valence-electron chi connectivity index (χ2n) is 6.02. The van der Waals surface area contributed by atoms with E-state index in [4.69, 9.17) is 14.2 Å². The van der Waals surface area contributed by atoms with Crippen molar-refractivity contribution in [2.24, 2.45) is 0 Å². The molecule has 0 spiro atoms. The Kier molecular flexibility index (Phi) is 7.30. The SMILES string of the molecule is COc1cc(/C=C/C(=O)C(F)(F)C(=O)/C=C/c2ccc(OC)c(OC)c2)ccc1O. The van der Waals surface area contributed by atoms with Crippen LogP contribution in [0.5, 0.6) is 23.0 Å². The first-order chi connectivity index (χ1) is 14.2. The maximum absolute atomic E-state index is 14.2. The Balaban J connectivity index is 2.14. The Bertz CT molecular complexity index is 995. The molecule has 158 valence electrons. The van der Waals surface area contributed by atoms with Gasteiger partial charge < -0.3 is 19.3 Å². The molecule has 0 unspecified atom stereocenters. The summed E-state index contributed by atoms with van der Waals surface area (Å²) in [5.74, 6) is -6.77. The molecule has 1 N–H and O–H groups in total. The van der Waals surface area contributed by atoms with Gasteiger partial charge in [0.05, 0.1) is 21.3 Å². The van der Waals surface area contributed by atoms with Gasteiger partial charge in [-0.2, -0.15) is 8.78 Å². The van der Waals surface area contributed by atoms with Gasteiger partial charge in [-0.05, 0) is 47.5 Å². The second-order valence-corrected chi connectivity index (χ2v) is 6.02. The first kappa shape index (κ1) is 22.6. The van der Waals surface area contributed by atoms with Crippen LogP contribution >= 0.6 is 0 Å². The highest BCUT2D eigenvalue weighted by atomic mass is 19.3. The molecule has 6 nitrogen and oxygen atoms in total. The summed E-state index contributed by atoms with van der Waals surface area (Å²) in [5.41, 5.74) is 0.748. The lowest BCUT2D eigenvalue weighted by Gasteiger charge is -2.09. The Labute approximate surface area is 172 Å². The molecule has 0 radical (unpaired) electrons. The standard InChI is InChI=1S/C22H20F2O6/c1-28-17-9-5-15(13-19(17)30-3)7-11-21(27)22(23,24)20(26)10-6-14-4-8-16(25)18(12-14)29-2/h4-13,25H,1-3H3/b10-6+,11-7+. The maximum Gasteiger partial charge on any atom is 0.370 e. The topological polar surface area (TPSA) is 82.1 Å². The summed E-state index contributed by atoms with van der Waals surface area (Å²) in [7, 11) is 4.19. The number of alkyl halides is 2. The molecule has 0 fully saturated rings. The first-order valence-corrected chi connectivity index (χ1v) is 8.64. The van der Waals surface area contributed by atoms with E-state index in [-0.39, 0.29) is 11.5 Å². The summed E-state index contributed by atoms with van der Waals surface area (Å²) in [6.45, 7) is 0. The van der Waals surface area contributed by atoms with Crippen LogP contribution in [-0.2, 0) is 9.59 Å². The molecule has 0 aliphatic rings. The molecule has 2 aromatic carbocycles. The Morgan fingerprint density at radius 2 is 1.27 bits per heavy atom. The number of hydrogen-bond acceptors (Lipinski definition) is 6. The van der Waals surface area contributed by atoms with E-state index in [0.717, 1.165) is 12.2 Å². The number of methoxy groups -OCH3 is 3. The second kappa shape index (κ2) is 9.69. The fourth-order valence-electron chi connectivity index (χ4n) is 2.43. The van der Waals surface area contributed by atoms with Gasteiger partial charge in [-0.3, -0.25) is 9.59 Å². The summed E-state index contributed by atoms with van der Waals surface area (Å²) in [5, 5.41) is 9.53. The van der Waals surface area contributed by atoms with Gasteiger partial charge in [0.15, 0.2) is 23.0 Å². The number of ether oxygens (including phenoxy) is 3. The van der Waals surface area contributed by atoms with Crippen molar-refractivity contribution < 1.29 is 37.7 Å². The van der Waals surface area contributed by atoms with Crippen molar-refractivity contribution in [2.75, 3.05) is 21.3 Å². The van der Waals surface area contributed by atoms with Crippen molar-refractivity contribution in [3.05, 3.63) is 59.7 Å². The lowest BCUT2D eigenvalue weighted by Crippen LogP contribution is -2.35. The zero-order valence-corrected chi connectivity index (χ0v) is 16.5. The maximum atomic E-state index is 14.2. The van der Waals surface area contributed by atoms with Crippen molar-refractivity contribution in [3.8, 4) is 23.0 Å². The minimum absolute atomic E-state index is 0.116. The van der Waals surface area contributed by atoms with E-state index in [1.54, 1.807) is 12.1 Å². The average Bonchev–Trinajstić information content (AvgIpc) is 2.76. The quantitative estimate of drug-likeness (QED) is 0.491. The number of ketones is 2. The van der Waals surface area contributed by atoms with Crippen LogP contribution in [0.25, 0.3) is 12.2 Å². The monoisotopic (exact) mass is 418 g/mol. The molecule has 0 heterocycles. The third-order valence-corrected chi connectivity index (χ3v) is 4.08. The van der Waals surface area contributed by atoms with Crippen LogP contribution in [-0.4, -0.2) is 43.9 Å². The van der Waals surface area contributed by atoms with Gasteiger partial charge in [-0.15, -0.1) is 0 Å². The van der Waals surface area contributed by atoms with Gasteiger partial charge in [0.25, 0.3) is 0 Å². The lowest BCUT2D eigenvalue weighted by molar-refractivity contribution is -0.150. The summed E-state index contributed by atoms with van der Waals surface area (Å²) >= 11 is 0. The predicted molar refractivity (Wildman–Crippen MR) is 107 cm³/mol. The molecule has 0 aliphatic heterocycles. The molecular formula is C22H20F2O6. The van der Waals surface area contributed by atoms with Crippen molar-refractivity contribution in [3.63, 3.8) is 0 Å². The van der Waals surface area contributed by atoms with E-state index in [1.165, 1.54) is 45.6 Å². The fourth-order valence-corrected chi connectivity index (χ4v) is 2.43. The van der Waals surface area contributed by atoms with Crippen LogP contribution in [0.2, 0.25) is 0 Å². The fraction of sp³-hybridized carbons (Fsp3) is 0.182. The molecule has 0 saturated carbocycles. The van der Waals surface area contributed by atoms with Crippen molar-refractivity contribution in [1.82, 2.24) is 0 Å². The molecule has 0 bridgehead atoms. The van der Waals surface area contributed by atoms with Crippen LogP contribution < -0.4 is 14.2 Å². The highest BCUT2D eigenvalue weighted by Gasteiger charge is 2.43. The minimum Gasteiger partial charge on any atom is -0.504 e. The van der Waals surface area contributed by atoms with Crippen LogP contribution in [0, 0.1) is 0 Å². The predicted octanol–water partition coefficient (Wildman–Crippen LogP) is 3.92. The van der Waals surface area contributed by atoms with Gasteiger partial charge in [-0.1, -0.05) is 24.3 Å². The number of carbonyl (C=O) groups excluding carboxylic acids is 2. The number of carbonyl (C=O) groups is 2. The summed E-state index contributed by atoms with van der Waals surface area (Å²) < 4.78 is 43.4. The lowest BCUT2D eigenvalue weighted by atomic mass is 10.1. The van der Waals surface area contributed by atoms with Gasteiger partial charge in [0.2, 0.25) is 11.6 Å². The van der Waals surface area contributed by atoms with E-state index in [9.17, 15) is 23.5 Å². The average molecular weight is 418 g/mol. The van der Waals surface area contributed by atoms with Crippen molar-refractivity contribution in [2.45, 2.75) is 5.92 Å². The zero-order valence-electron chi connectivity index (χ0n) is 16.5.